The number of hydrogen-bond donors (Lipinski definition) is 2. The van der Waals surface area contributed by atoms with Crippen LogP contribution in [-0.2, 0) is 4.79 Å². The number of aromatic carboxylic acids is 1. The van der Waals surface area contributed by atoms with E-state index in [2.05, 4.69) is 35.3 Å². The van der Waals surface area contributed by atoms with Crippen LogP contribution >= 0.6 is 0 Å². The van der Waals surface area contributed by atoms with Crippen LogP contribution in [0.5, 0.6) is 0 Å². The van der Waals surface area contributed by atoms with E-state index in [0.29, 0.717) is 18.8 Å². The topological polar surface area (TPSA) is 96.7 Å². The SMILES string of the molecule is Cc1cccc(N2CCN(/C=C(/C#N)C(=O)Nc3cccc(C(=O)O)c3)CC2)c1. The number of nitrogens with one attached hydrogen (secondary N) is 1. The van der Waals surface area contributed by atoms with Gasteiger partial charge in [-0.2, -0.15) is 5.26 Å². The lowest BCUT2D eigenvalue weighted by Gasteiger charge is -2.35. The summed E-state index contributed by atoms with van der Waals surface area (Å²) in [6, 6.07) is 16.2. The fourth-order valence-electron chi connectivity index (χ4n) is 3.18. The van der Waals surface area contributed by atoms with Gasteiger partial charge in [0.2, 0.25) is 0 Å². The Morgan fingerprint density at radius 2 is 1.83 bits per heavy atom. The van der Waals surface area contributed by atoms with Gasteiger partial charge in [-0.15, -0.1) is 0 Å². The van der Waals surface area contributed by atoms with Crippen molar-refractivity contribution in [2.24, 2.45) is 0 Å². The summed E-state index contributed by atoms with van der Waals surface area (Å²) in [5.74, 6) is -1.64. The van der Waals surface area contributed by atoms with Gasteiger partial charge in [0.05, 0.1) is 5.56 Å². The van der Waals surface area contributed by atoms with Crippen LogP contribution in [0.15, 0.2) is 60.3 Å². The van der Waals surface area contributed by atoms with Crippen molar-refractivity contribution in [1.29, 1.82) is 5.26 Å². The molecule has 0 spiro atoms. The van der Waals surface area contributed by atoms with Gasteiger partial charge in [0.25, 0.3) is 5.91 Å². The first-order chi connectivity index (χ1) is 14.0. The van der Waals surface area contributed by atoms with Gasteiger partial charge < -0.3 is 20.2 Å². The molecule has 29 heavy (non-hydrogen) atoms. The number of nitriles is 1. The monoisotopic (exact) mass is 390 g/mol. The normalized spacial score (nSPS) is 14.3. The molecule has 2 N–H and O–H groups in total. The number of aryl methyl sites for hydroxylation is 1. The summed E-state index contributed by atoms with van der Waals surface area (Å²) in [4.78, 5) is 27.7. The van der Waals surface area contributed by atoms with E-state index < -0.39 is 11.9 Å². The second-order valence-corrected chi connectivity index (χ2v) is 6.86. The number of benzene rings is 2. The van der Waals surface area contributed by atoms with Crippen molar-refractivity contribution in [2.45, 2.75) is 6.92 Å². The highest BCUT2D eigenvalue weighted by Gasteiger charge is 2.18. The van der Waals surface area contributed by atoms with Gasteiger partial charge in [-0.05, 0) is 42.8 Å². The lowest BCUT2D eigenvalue weighted by atomic mass is 10.2. The molecule has 1 aliphatic rings. The highest BCUT2D eigenvalue weighted by atomic mass is 16.4. The number of carboxylic acids is 1. The van der Waals surface area contributed by atoms with Gasteiger partial charge in [0.1, 0.15) is 11.6 Å². The van der Waals surface area contributed by atoms with E-state index in [0.717, 1.165) is 13.1 Å². The molecule has 0 atom stereocenters. The molecule has 1 aliphatic heterocycles. The maximum Gasteiger partial charge on any atom is 0.335 e. The first kappa shape index (κ1) is 20.0. The molecular weight excluding hydrogens is 368 g/mol. The maximum absolute atomic E-state index is 12.4. The highest BCUT2D eigenvalue weighted by molar-refractivity contribution is 6.06. The number of rotatable bonds is 5. The van der Waals surface area contributed by atoms with Crippen molar-refractivity contribution in [1.82, 2.24) is 4.90 Å². The minimum Gasteiger partial charge on any atom is -0.478 e. The zero-order valence-electron chi connectivity index (χ0n) is 16.1. The minimum absolute atomic E-state index is 0.0188. The third-order valence-electron chi connectivity index (χ3n) is 4.73. The maximum atomic E-state index is 12.4. The van der Waals surface area contributed by atoms with Gasteiger partial charge in [0, 0.05) is 43.8 Å². The number of piperazine rings is 1. The Kier molecular flexibility index (Phi) is 6.15. The summed E-state index contributed by atoms with van der Waals surface area (Å²) in [7, 11) is 0. The van der Waals surface area contributed by atoms with Crippen LogP contribution in [0.4, 0.5) is 11.4 Å². The van der Waals surface area contributed by atoms with Gasteiger partial charge >= 0.3 is 5.97 Å². The second kappa shape index (κ2) is 8.93. The van der Waals surface area contributed by atoms with Crippen molar-refractivity contribution in [2.75, 3.05) is 36.4 Å². The Labute approximate surface area is 169 Å². The number of nitrogens with zero attached hydrogens (tertiary/aromatic N) is 3. The van der Waals surface area contributed by atoms with E-state index in [1.54, 1.807) is 18.3 Å². The summed E-state index contributed by atoms with van der Waals surface area (Å²) in [5, 5.41) is 21.0. The van der Waals surface area contributed by atoms with Crippen LogP contribution in [-0.4, -0.2) is 48.1 Å². The minimum atomic E-state index is -1.08. The molecule has 1 heterocycles. The molecule has 0 aromatic heterocycles. The molecule has 2 aromatic carbocycles. The Morgan fingerprint density at radius 3 is 2.48 bits per heavy atom. The number of carboxylic acid groups (broad SMARTS) is 1. The predicted octanol–water partition coefficient (Wildman–Crippen LogP) is 2.86. The number of carbonyl (C=O) groups is 2. The third-order valence-corrected chi connectivity index (χ3v) is 4.73. The fraction of sp³-hybridized carbons (Fsp3) is 0.227. The molecule has 0 radical (unpaired) electrons. The van der Waals surface area contributed by atoms with Crippen LogP contribution in [0.1, 0.15) is 15.9 Å². The molecule has 1 saturated heterocycles. The zero-order valence-corrected chi connectivity index (χ0v) is 16.1. The van der Waals surface area contributed by atoms with E-state index >= 15 is 0 Å². The fourth-order valence-corrected chi connectivity index (χ4v) is 3.18. The third kappa shape index (κ3) is 5.14. The lowest BCUT2D eigenvalue weighted by molar-refractivity contribution is -0.112. The quantitative estimate of drug-likeness (QED) is 0.602. The zero-order chi connectivity index (χ0) is 20.8. The first-order valence-electron chi connectivity index (χ1n) is 9.28. The summed E-state index contributed by atoms with van der Waals surface area (Å²) >= 11 is 0. The number of anilines is 2. The molecule has 0 unspecified atom stereocenters. The van der Waals surface area contributed by atoms with E-state index in [1.807, 2.05) is 17.0 Å². The van der Waals surface area contributed by atoms with Crippen molar-refractivity contribution in [3.05, 3.63) is 71.4 Å². The Morgan fingerprint density at radius 1 is 1.10 bits per heavy atom. The molecule has 1 fully saturated rings. The molecule has 1 amide bonds. The summed E-state index contributed by atoms with van der Waals surface area (Å²) in [5.41, 5.74) is 2.76. The Bertz CT molecular complexity index is 986. The largest absolute Gasteiger partial charge is 0.478 e. The average molecular weight is 390 g/mol. The standard InChI is InChI=1S/C22H22N4O3/c1-16-4-2-7-20(12-16)26-10-8-25(9-11-26)15-18(14-23)21(27)24-19-6-3-5-17(13-19)22(28)29/h2-7,12-13,15H,8-11H2,1H3,(H,24,27)(H,28,29)/b18-15-. The predicted molar refractivity (Wildman–Crippen MR) is 111 cm³/mol. The van der Waals surface area contributed by atoms with Crippen LogP contribution in [0.25, 0.3) is 0 Å². The second-order valence-electron chi connectivity index (χ2n) is 6.86. The van der Waals surface area contributed by atoms with Gasteiger partial charge in [0.15, 0.2) is 0 Å². The Hall–Kier alpha value is -3.79. The molecule has 0 bridgehead atoms. The van der Waals surface area contributed by atoms with Crippen LogP contribution in [0, 0.1) is 18.3 Å². The van der Waals surface area contributed by atoms with Gasteiger partial charge in [-0.25, -0.2) is 4.79 Å². The Balaban J connectivity index is 1.63. The van der Waals surface area contributed by atoms with Gasteiger partial charge in [-0.3, -0.25) is 4.79 Å². The first-order valence-corrected chi connectivity index (χ1v) is 9.28. The lowest BCUT2D eigenvalue weighted by Crippen LogP contribution is -2.44. The number of carbonyl (C=O) groups excluding carboxylic acids is 1. The van der Waals surface area contributed by atoms with E-state index in [9.17, 15) is 14.9 Å². The summed E-state index contributed by atoms with van der Waals surface area (Å²) < 4.78 is 0. The number of hydrogen-bond acceptors (Lipinski definition) is 5. The molecule has 148 valence electrons. The van der Waals surface area contributed by atoms with Gasteiger partial charge in [-0.1, -0.05) is 18.2 Å². The molecule has 0 saturated carbocycles. The van der Waals surface area contributed by atoms with Crippen molar-refractivity contribution in [3.63, 3.8) is 0 Å². The summed E-state index contributed by atoms with van der Waals surface area (Å²) in [6.07, 6.45) is 1.57. The van der Waals surface area contributed by atoms with Crippen LogP contribution in [0.3, 0.4) is 0 Å². The van der Waals surface area contributed by atoms with Crippen LogP contribution < -0.4 is 10.2 Å². The molecule has 3 rings (SSSR count). The highest BCUT2D eigenvalue weighted by Crippen LogP contribution is 2.18. The van der Waals surface area contributed by atoms with Crippen LogP contribution in [0.2, 0.25) is 0 Å². The molecule has 7 nitrogen and oxygen atoms in total. The van der Waals surface area contributed by atoms with Crippen molar-refractivity contribution >= 4 is 23.3 Å². The van der Waals surface area contributed by atoms with Crippen molar-refractivity contribution in [3.8, 4) is 6.07 Å². The van der Waals surface area contributed by atoms with E-state index in [4.69, 9.17) is 5.11 Å². The average Bonchev–Trinajstić information content (AvgIpc) is 2.72. The molecular formula is C22H22N4O3. The van der Waals surface area contributed by atoms with Crippen molar-refractivity contribution < 1.29 is 14.7 Å². The number of amides is 1. The van der Waals surface area contributed by atoms with E-state index in [1.165, 1.54) is 23.4 Å². The molecule has 7 heteroatoms. The molecule has 2 aromatic rings. The van der Waals surface area contributed by atoms with E-state index in [-0.39, 0.29) is 11.1 Å². The smallest absolute Gasteiger partial charge is 0.335 e. The molecule has 0 aliphatic carbocycles. The summed E-state index contributed by atoms with van der Waals surface area (Å²) in [6.45, 7) is 5.04.